The first-order chi connectivity index (χ1) is 17.5. The molecule has 2 aliphatic rings. The van der Waals surface area contributed by atoms with Gasteiger partial charge in [-0.25, -0.2) is 0 Å². The minimum Gasteiger partial charge on any atom is -0.338 e. The molecular weight excluding hydrogens is 487 g/mol. The third-order valence-electron chi connectivity index (χ3n) is 8.14. The molecule has 3 aromatic rings. The first kappa shape index (κ1) is 25.3. The lowest BCUT2D eigenvalue weighted by molar-refractivity contribution is -0.135. The van der Waals surface area contributed by atoms with Crippen molar-refractivity contribution in [3.05, 3.63) is 106 Å². The van der Waals surface area contributed by atoms with Gasteiger partial charge in [0.2, 0.25) is 5.91 Å². The molecule has 1 heterocycles. The summed E-state index contributed by atoms with van der Waals surface area (Å²) in [5.74, 6) is 1.11. The van der Waals surface area contributed by atoms with Crippen molar-refractivity contribution in [3.63, 3.8) is 0 Å². The molecule has 1 saturated carbocycles. The summed E-state index contributed by atoms with van der Waals surface area (Å²) in [6.07, 6.45) is 3.19. The number of hydrogen-bond acceptors (Lipinski definition) is 2. The molecule has 1 saturated heterocycles. The van der Waals surface area contributed by atoms with Gasteiger partial charge in [-0.2, -0.15) is 0 Å². The zero-order chi connectivity index (χ0) is 25.1. The summed E-state index contributed by atoms with van der Waals surface area (Å²) in [5, 5.41) is 1.04. The van der Waals surface area contributed by atoms with Crippen molar-refractivity contribution >= 4 is 29.1 Å². The molecule has 188 valence electrons. The highest BCUT2D eigenvalue weighted by Gasteiger charge is 2.62. The molecule has 5 rings (SSSR count). The average molecular weight is 522 g/mol. The lowest BCUT2D eigenvalue weighted by Gasteiger charge is -2.33. The highest BCUT2D eigenvalue weighted by atomic mass is 35.5. The Morgan fingerprint density at radius 3 is 2.25 bits per heavy atom. The van der Waals surface area contributed by atoms with E-state index in [4.69, 9.17) is 23.2 Å². The number of likely N-dealkylation sites (N-methyl/N-ethyl adjacent to an activating group) is 1. The Bertz CT molecular complexity index is 1180. The molecule has 0 aromatic heterocycles. The molecule has 0 spiro atoms. The lowest BCUT2D eigenvalue weighted by Crippen LogP contribution is -2.42. The quantitative estimate of drug-likeness (QED) is 0.314. The van der Waals surface area contributed by atoms with Gasteiger partial charge >= 0.3 is 0 Å². The van der Waals surface area contributed by atoms with Gasteiger partial charge in [-0.1, -0.05) is 89.9 Å². The first-order valence-electron chi connectivity index (χ1n) is 13.1. The summed E-state index contributed by atoms with van der Waals surface area (Å²) in [6, 6.07) is 26.9. The van der Waals surface area contributed by atoms with Gasteiger partial charge in [0.15, 0.2) is 0 Å². The smallest absolute Gasteiger partial charge is 0.233 e. The van der Waals surface area contributed by atoms with E-state index >= 15 is 0 Å². The molecule has 1 aliphatic carbocycles. The highest BCUT2D eigenvalue weighted by molar-refractivity contribution is 6.42. The molecule has 2 fully saturated rings. The Kier molecular flexibility index (Phi) is 7.71. The molecule has 3 aromatic carbocycles. The number of carbonyl (C=O) groups excluding carboxylic acids is 1. The van der Waals surface area contributed by atoms with Crippen molar-refractivity contribution < 1.29 is 4.79 Å². The Morgan fingerprint density at radius 1 is 0.944 bits per heavy atom. The van der Waals surface area contributed by atoms with Gasteiger partial charge in [-0.05, 0) is 79.9 Å². The van der Waals surface area contributed by atoms with Crippen LogP contribution in [0.2, 0.25) is 10.0 Å². The van der Waals surface area contributed by atoms with E-state index in [1.807, 2.05) is 41.3 Å². The lowest BCUT2D eigenvalue weighted by atomic mass is 9.88. The van der Waals surface area contributed by atoms with Crippen molar-refractivity contribution in [2.24, 2.45) is 5.92 Å². The van der Waals surface area contributed by atoms with Gasteiger partial charge in [0.25, 0.3) is 0 Å². The molecule has 3 nitrogen and oxygen atoms in total. The number of rotatable bonds is 8. The van der Waals surface area contributed by atoms with E-state index in [1.165, 1.54) is 18.4 Å². The molecule has 0 unspecified atom stereocenters. The zero-order valence-corrected chi connectivity index (χ0v) is 22.4. The van der Waals surface area contributed by atoms with Crippen LogP contribution in [0.4, 0.5) is 0 Å². The number of carbonyl (C=O) groups is 1. The van der Waals surface area contributed by atoms with E-state index in [2.05, 4.69) is 54.3 Å². The van der Waals surface area contributed by atoms with E-state index in [0.29, 0.717) is 29.1 Å². The van der Waals surface area contributed by atoms with Crippen molar-refractivity contribution in [2.45, 2.75) is 44.1 Å². The van der Waals surface area contributed by atoms with Gasteiger partial charge in [0.05, 0.1) is 15.5 Å². The predicted molar refractivity (Wildman–Crippen MR) is 149 cm³/mol. The number of nitrogens with zero attached hydrogens (tertiary/aromatic N) is 2. The number of hydrogen-bond donors (Lipinski definition) is 0. The second-order valence-electron chi connectivity index (χ2n) is 10.3. The average Bonchev–Trinajstić information content (AvgIpc) is 3.64. The van der Waals surface area contributed by atoms with Crippen molar-refractivity contribution in [1.82, 2.24) is 9.80 Å². The molecular formula is C31H34Cl2N2O. The molecule has 5 heteroatoms. The Labute approximate surface area is 225 Å². The van der Waals surface area contributed by atoms with Crippen LogP contribution in [0.15, 0.2) is 78.9 Å². The Morgan fingerprint density at radius 2 is 1.61 bits per heavy atom. The minimum absolute atomic E-state index is 0.205. The van der Waals surface area contributed by atoms with E-state index in [-0.39, 0.29) is 11.8 Å². The van der Waals surface area contributed by atoms with Crippen LogP contribution in [-0.2, 0) is 16.8 Å². The molecule has 1 aliphatic heterocycles. The Balaban J connectivity index is 1.33. The maximum atomic E-state index is 14.2. The number of halogens is 2. The SMILES string of the molecule is CCN(Cc1ccccc1)C(=O)[C@@]1(c2ccc(Cl)c(Cl)c2)C[C@H]1CN1CCC(c2ccccc2)CC1. The molecule has 0 radical (unpaired) electrons. The van der Waals surface area contributed by atoms with E-state index < -0.39 is 5.41 Å². The van der Waals surface area contributed by atoms with E-state index in [9.17, 15) is 4.79 Å². The monoisotopic (exact) mass is 520 g/mol. The highest BCUT2D eigenvalue weighted by Crippen LogP contribution is 2.57. The van der Waals surface area contributed by atoms with E-state index in [1.54, 1.807) is 0 Å². The van der Waals surface area contributed by atoms with Crippen molar-refractivity contribution in [1.29, 1.82) is 0 Å². The fourth-order valence-electron chi connectivity index (χ4n) is 5.96. The van der Waals surface area contributed by atoms with Crippen LogP contribution in [-0.4, -0.2) is 41.9 Å². The van der Waals surface area contributed by atoms with Crippen LogP contribution in [0.5, 0.6) is 0 Å². The molecule has 1 amide bonds. The van der Waals surface area contributed by atoms with Gasteiger partial charge in [-0.3, -0.25) is 4.79 Å². The van der Waals surface area contributed by atoms with Gasteiger partial charge < -0.3 is 9.80 Å². The number of benzene rings is 3. The summed E-state index contributed by atoms with van der Waals surface area (Å²) in [6.45, 7) is 6.44. The van der Waals surface area contributed by atoms with Crippen LogP contribution in [0.25, 0.3) is 0 Å². The third-order valence-corrected chi connectivity index (χ3v) is 8.88. The van der Waals surface area contributed by atoms with Crippen LogP contribution in [0.1, 0.15) is 48.8 Å². The van der Waals surface area contributed by atoms with Crippen LogP contribution >= 0.6 is 23.2 Å². The largest absolute Gasteiger partial charge is 0.338 e. The number of likely N-dealkylation sites (tertiary alicyclic amines) is 1. The molecule has 36 heavy (non-hydrogen) atoms. The molecule has 0 bridgehead atoms. The predicted octanol–water partition coefficient (Wildman–Crippen LogP) is 7.18. The fourth-order valence-corrected chi connectivity index (χ4v) is 6.26. The Hall–Kier alpha value is -2.33. The van der Waals surface area contributed by atoms with Gasteiger partial charge in [-0.15, -0.1) is 0 Å². The summed E-state index contributed by atoms with van der Waals surface area (Å²) in [5.41, 5.74) is 3.06. The van der Waals surface area contributed by atoms with Crippen LogP contribution in [0.3, 0.4) is 0 Å². The van der Waals surface area contributed by atoms with Gasteiger partial charge in [0.1, 0.15) is 0 Å². The summed E-state index contributed by atoms with van der Waals surface area (Å²) < 4.78 is 0. The van der Waals surface area contributed by atoms with Crippen molar-refractivity contribution in [3.8, 4) is 0 Å². The molecule has 2 atom stereocenters. The summed E-state index contributed by atoms with van der Waals surface area (Å²) in [4.78, 5) is 18.7. The normalized spacial score (nSPS) is 22.4. The topological polar surface area (TPSA) is 23.6 Å². The number of amides is 1. The second kappa shape index (κ2) is 11.0. The minimum atomic E-state index is -0.532. The van der Waals surface area contributed by atoms with E-state index in [0.717, 1.165) is 37.2 Å². The summed E-state index contributed by atoms with van der Waals surface area (Å²) >= 11 is 12.7. The zero-order valence-electron chi connectivity index (χ0n) is 20.9. The standard InChI is InChI=1S/C31H34Cl2N2O/c1-2-35(21-23-9-5-3-6-10-23)30(36)31(26-13-14-28(32)29(33)19-26)20-27(31)22-34-17-15-25(16-18-34)24-11-7-4-8-12-24/h3-14,19,25,27H,2,15-18,20-22H2,1H3/t27-,31+/m0/s1. The third kappa shape index (κ3) is 5.20. The fraction of sp³-hybridized carbons (Fsp3) is 0.387. The van der Waals surface area contributed by atoms with Gasteiger partial charge in [0, 0.05) is 19.6 Å². The van der Waals surface area contributed by atoms with Crippen LogP contribution < -0.4 is 0 Å². The second-order valence-corrected chi connectivity index (χ2v) is 11.1. The maximum Gasteiger partial charge on any atom is 0.233 e. The maximum absolute atomic E-state index is 14.2. The van der Waals surface area contributed by atoms with Crippen LogP contribution in [0, 0.1) is 5.92 Å². The first-order valence-corrected chi connectivity index (χ1v) is 13.8. The van der Waals surface area contributed by atoms with Crippen molar-refractivity contribution in [2.75, 3.05) is 26.2 Å². The molecule has 0 N–H and O–H groups in total. The number of piperidine rings is 1. The summed E-state index contributed by atoms with van der Waals surface area (Å²) in [7, 11) is 0.